The monoisotopic (exact) mass is 316 g/mol. The van der Waals surface area contributed by atoms with Crippen molar-refractivity contribution in [3.63, 3.8) is 0 Å². The molecule has 118 valence electrons. The number of para-hydroxylation sites is 1. The lowest BCUT2D eigenvalue weighted by Gasteiger charge is -2.45. The van der Waals surface area contributed by atoms with Gasteiger partial charge in [0, 0.05) is 24.6 Å². The Morgan fingerprint density at radius 1 is 1.23 bits per heavy atom. The Kier molecular flexibility index (Phi) is 5.11. The quantitative estimate of drug-likeness (QED) is 0.587. The average Bonchev–Trinajstić information content (AvgIpc) is 2.49. The van der Waals surface area contributed by atoms with Crippen LogP contribution in [0.5, 0.6) is 0 Å². The molecule has 1 aromatic carbocycles. The zero-order chi connectivity index (χ0) is 15.4. The van der Waals surface area contributed by atoms with Crippen molar-refractivity contribution in [3.8, 4) is 0 Å². The van der Waals surface area contributed by atoms with Crippen LogP contribution in [0.2, 0.25) is 0 Å². The Morgan fingerprint density at radius 3 is 2.55 bits per heavy atom. The van der Waals surface area contributed by atoms with Gasteiger partial charge in [-0.1, -0.05) is 24.8 Å². The van der Waals surface area contributed by atoms with Crippen LogP contribution in [0.3, 0.4) is 0 Å². The number of rotatable bonds is 4. The second-order valence-corrected chi connectivity index (χ2v) is 6.93. The molecule has 2 saturated heterocycles. The normalized spacial score (nSPS) is 30.4. The van der Waals surface area contributed by atoms with Crippen molar-refractivity contribution in [1.29, 1.82) is 0 Å². The van der Waals surface area contributed by atoms with Crippen LogP contribution >= 0.6 is 12.2 Å². The molecular formula is C18H26N3S+. The molecule has 3 N–H and O–H groups in total. The lowest BCUT2D eigenvalue weighted by atomic mass is 9.82. The van der Waals surface area contributed by atoms with Crippen LogP contribution in [0.1, 0.15) is 32.1 Å². The third-order valence-electron chi connectivity index (χ3n) is 5.04. The maximum atomic E-state index is 5.48. The summed E-state index contributed by atoms with van der Waals surface area (Å²) in [5.74, 6) is 0. The molecule has 4 heteroatoms. The largest absolute Gasteiger partial charge is 0.359 e. The minimum atomic E-state index is 0.507. The minimum absolute atomic E-state index is 0.507. The number of benzene rings is 1. The van der Waals surface area contributed by atoms with E-state index in [1.165, 1.54) is 32.1 Å². The molecule has 2 bridgehead atoms. The van der Waals surface area contributed by atoms with Crippen molar-refractivity contribution in [2.24, 2.45) is 0 Å². The van der Waals surface area contributed by atoms with Gasteiger partial charge < -0.3 is 15.5 Å². The van der Waals surface area contributed by atoms with E-state index in [-0.39, 0.29) is 0 Å². The standard InChI is InChI=1S/C18H25N3S/c1-2-11-21-16-9-6-10-17(21)13-15(12-16)20-18(22)19-14-7-4-3-5-8-14/h2-5,7-8,15-17H,1,6,9-13H2,(H2,19,20,22)/p+1/t15?,16-,17+. The van der Waals surface area contributed by atoms with Crippen LogP contribution in [-0.4, -0.2) is 29.8 Å². The third kappa shape index (κ3) is 3.68. The highest BCUT2D eigenvalue weighted by atomic mass is 32.1. The van der Waals surface area contributed by atoms with Crippen molar-refractivity contribution in [2.75, 3.05) is 11.9 Å². The Balaban J connectivity index is 1.56. The summed E-state index contributed by atoms with van der Waals surface area (Å²) in [6.07, 6.45) is 8.59. The molecule has 4 atom stereocenters. The first kappa shape index (κ1) is 15.5. The van der Waals surface area contributed by atoms with Gasteiger partial charge in [0.2, 0.25) is 0 Å². The van der Waals surface area contributed by atoms with E-state index in [0.29, 0.717) is 6.04 Å². The van der Waals surface area contributed by atoms with Crippen molar-refractivity contribution in [2.45, 2.75) is 50.2 Å². The Bertz CT molecular complexity index is 502. The van der Waals surface area contributed by atoms with Crippen molar-refractivity contribution in [3.05, 3.63) is 43.0 Å². The van der Waals surface area contributed by atoms with E-state index in [2.05, 4.69) is 23.3 Å². The molecule has 0 aromatic heterocycles. The van der Waals surface area contributed by atoms with Gasteiger partial charge in [-0.25, -0.2) is 0 Å². The van der Waals surface area contributed by atoms with Crippen molar-refractivity contribution >= 4 is 23.0 Å². The molecule has 3 rings (SSSR count). The predicted octanol–water partition coefficient (Wildman–Crippen LogP) is 2.13. The van der Waals surface area contributed by atoms with E-state index in [1.807, 2.05) is 30.3 Å². The Hall–Kier alpha value is -1.39. The summed E-state index contributed by atoms with van der Waals surface area (Å²) in [6.45, 7) is 5.03. The lowest BCUT2D eigenvalue weighted by Crippen LogP contribution is -3.21. The molecule has 2 fully saturated rings. The van der Waals surface area contributed by atoms with E-state index in [9.17, 15) is 0 Å². The minimum Gasteiger partial charge on any atom is -0.359 e. The number of anilines is 1. The second kappa shape index (κ2) is 7.25. The summed E-state index contributed by atoms with van der Waals surface area (Å²) in [4.78, 5) is 1.75. The van der Waals surface area contributed by atoms with Gasteiger partial charge in [0.1, 0.15) is 0 Å². The SMILES string of the molecule is C=CC[NH+]1[C@@H]2CCC[C@H]1CC(NC(=S)Nc1ccccc1)C2. The Labute approximate surface area is 138 Å². The van der Waals surface area contributed by atoms with Gasteiger partial charge >= 0.3 is 0 Å². The first-order chi connectivity index (χ1) is 10.8. The van der Waals surface area contributed by atoms with Crippen LogP contribution < -0.4 is 15.5 Å². The van der Waals surface area contributed by atoms with Gasteiger partial charge in [0.15, 0.2) is 5.11 Å². The highest BCUT2D eigenvalue weighted by Gasteiger charge is 2.41. The molecule has 2 heterocycles. The number of hydrogen-bond donors (Lipinski definition) is 3. The van der Waals surface area contributed by atoms with Crippen LogP contribution in [0, 0.1) is 0 Å². The zero-order valence-electron chi connectivity index (χ0n) is 13.1. The number of thiocarbonyl (C=S) groups is 1. The number of piperidine rings is 2. The first-order valence-corrected chi connectivity index (χ1v) is 8.76. The van der Waals surface area contributed by atoms with E-state index < -0.39 is 0 Å². The van der Waals surface area contributed by atoms with Crippen LogP contribution in [0.25, 0.3) is 0 Å². The summed E-state index contributed by atoms with van der Waals surface area (Å²) in [7, 11) is 0. The van der Waals surface area contributed by atoms with E-state index in [1.54, 1.807) is 4.90 Å². The highest BCUT2D eigenvalue weighted by Crippen LogP contribution is 2.22. The van der Waals surface area contributed by atoms with Gasteiger partial charge in [0.05, 0.1) is 18.6 Å². The van der Waals surface area contributed by atoms with Gasteiger partial charge in [-0.15, -0.1) is 0 Å². The van der Waals surface area contributed by atoms with Gasteiger partial charge in [-0.3, -0.25) is 0 Å². The summed E-state index contributed by atoms with van der Waals surface area (Å²) in [5, 5.41) is 7.58. The topological polar surface area (TPSA) is 28.5 Å². The van der Waals surface area contributed by atoms with Crippen LogP contribution in [0.4, 0.5) is 5.69 Å². The lowest BCUT2D eigenvalue weighted by molar-refractivity contribution is -0.955. The molecule has 0 saturated carbocycles. The molecule has 2 unspecified atom stereocenters. The number of hydrogen-bond acceptors (Lipinski definition) is 1. The second-order valence-electron chi connectivity index (χ2n) is 6.53. The van der Waals surface area contributed by atoms with Crippen molar-refractivity contribution in [1.82, 2.24) is 5.32 Å². The Morgan fingerprint density at radius 2 is 1.91 bits per heavy atom. The smallest absolute Gasteiger partial charge is 0.171 e. The van der Waals surface area contributed by atoms with E-state index >= 15 is 0 Å². The zero-order valence-corrected chi connectivity index (χ0v) is 13.9. The summed E-state index contributed by atoms with van der Waals surface area (Å²) in [6, 6.07) is 12.2. The first-order valence-electron chi connectivity index (χ1n) is 8.35. The van der Waals surface area contributed by atoms with E-state index in [4.69, 9.17) is 12.2 Å². The van der Waals surface area contributed by atoms with Gasteiger partial charge in [0.25, 0.3) is 0 Å². The fourth-order valence-corrected chi connectivity index (χ4v) is 4.41. The molecule has 2 aliphatic rings. The van der Waals surface area contributed by atoms with Crippen LogP contribution in [0.15, 0.2) is 43.0 Å². The van der Waals surface area contributed by atoms with Crippen LogP contribution in [-0.2, 0) is 0 Å². The molecule has 0 radical (unpaired) electrons. The molecule has 22 heavy (non-hydrogen) atoms. The summed E-state index contributed by atoms with van der Waals surface area (Å²) in [5.41, 5.74) is 1.05. The molecule has 1 aromatic rings. The van der Waals surface area contributed by atoms with Gasteiger partial charge in [-0.05, 0) is 49.7 Å². The molecular weight excluding hydrogens is 290 g/mol. The third-order valence-corrected chi connectivity index (χ3v) is 5.26. The predicted molar refractivity (Wildman–Crippen MR) is 96.3 cm³/mol. The molecule has 0 amide bonds. The maximum absolute atomic E-state index is 5.48. The fraction of sp³-hybridized carbons (Fsp3) is 0.500. The van der Waals surface area contributed by atoms with Gasteiger partial charge in [-0.2, -0.15) is 0 Å². The molecule has 0 spiro atoms. The molecule has 2 aliphatic heterocycles. The van der Waals surface area contributed by atoms with Crippen molar-refractivity contribution < 1.29 is 4.90 Å². The highest BCUT2D eigenvalue weighted by molar-refractivity contribution is 7.80. The maximum Gasteiger partial charge on any atom is 0.171 e. The number of fused-ring (bicyclic) bond motifs is 2. The summed E-state index contributed by atoms with van der Waals surface area (Å²) >= 11 is 5.48. The molecule has 0 aliphatic carbocycles. The summed E-state index contributed by atoms with van der Waals surface area (Å²) < 4.78 is 0. The number of quaternary nitrogens is 1. The average molecular weight is 316 g/mol. The fourth-order valence-electron chi connectivity index (χ4n) is 4.13. The molecule has 3 nitrogen and oxygen atoms in total. The number of nitrogens with one attached hydrogen (secondary N) is 3. The van der Waals surface area contributed by atoms with E-state index in [0.717, 1.165) is 29.4 Å².